The minimum Gasteiger partial charge on any atom is -0.472 e. The normalized spacial score (nSPS) is 20.0. The molecule has 2 saturated heterocycles. The van der Waals surface area contributed by atoms with Crippen molar-refractivity contribution in [3.05, 3.63) is 53.5 Å². The van der Waals surface area contributed by atoms with Crippen molar-refractivity contribution in [1.29, 1.82) is 5.26 Å². The number of likely N-dealkylation sites (tertiary alicyclic amines) is 1. The van der Waals surface area contributed by atoms with Crippen LogP contribution in [0.3, 0.4) is 0 Å². The number of likely N-dealkylation sites (N-methyl/N-ethyl adjacent to an activating group) is 1. The maximum atomic E-state index is 13.4. The molecule has 1 aromatic carbocycles. The van der Waals surface area contributed by atoms with Crippen LogP contribution in [0.2, 0.25) is 0 Å². The number of alkyl halides is 3. The molecule has 0 saturated carbocycles. The van der Waals surface area contributed by atoms with Gasteiger partial charge in [-0.1, -0.05) is 0 Å². The number of carbonyl (C=O) groups is 2. The number of anilines is 1. The monoisotopic (exact) mass is 460 g/mol. The van der Waals surface area contributed by atoms with Crippen LogP contribution in [0.4, 0.5) is 18.9 Å². The number of furan rings is 1. The molecule has 174 valence electrons. The number of carbonyl (C=O) groups excluding carboxylic acids is 2. The van der Waals surface area contributed by atoms with Gasteiger partial charge in [-0.05, 0) is 48.9 Å². The summed E-state index contributed by atoms with van der Waals surface area (Å²) in [7, 11) is 1.53. The summed E-state index contributed by atoms with van der Waals surface area (Å²) in [6.07, 6.45) is -0.128. The summed E-state index contributed by atoms with van der Waals surface area (Å²) in [6, 6.07) is 6.29. The van der Waals surface area contributed by atoms with Crippen LogP contribution >= 0.6 is 0 Å². The molecule has 1 aromatic heterocycles. The summed E-state index contributed by atoms with van der Waals surface area (Å²) < 4.78 is 45.1. The number of rotatable bonds is 3. The van der Waals surface area contributed by atoms with E-state index >= 15 is 0 Å². The third-order valence-electron chi connectivity index (χ3n) is 6.70. The largest absolute Gasteiger partial charge is 0.472 e. The predicted molar refractivity (Wildman–Crippen MR) is 112 cm³/mol. The second-order valence-corrected chi connectivity index (χ2v) is 8.61. The van der Waals surface area contributed by atoms with Crippen molar-refractivity contribution in [3.8, 4) is 6.07 Å². The molecule has 7 nitrogen and oxygen atoms in total. The Morgan fingerprint density at radius 2 is 1.97 bits per heavy atom. The van der Waals surface area contributed by atoms with Crippen LogP contribution in [0.25, 0.3) is 0 Å². The predicted octanol–water partition coefficient (Wildman–Crippen LogP) is 3.42. The van der Waals surface area contributed by atoms with Crippen molar-refractivity contribution in [2.75, 3.05) is 31.6 Å². The molecule has 1 spiro atoms. The van der Waals surface area contributed by atoms with Crippen molar-refractivity contribution in [2.45, 2.75) is 31.5 Å². The van der Waals surface area contributed by atoms with E-state index < -0.39 is 23.3 Å². The Bertz CT molecular complexity index is 1080. The lowest BCUT2D eigenvalue weighted by molar-refractivity contribution is -0.137. The second kappa shape index (κ2) is 8.46. The van der Waals surface area contributed by atoms with Gasteiger partial charge in [0, 0.05) is 32.4 Å². The fourth-order valence-electron chi connectivity index (χ4n) is 4.89. The SMILES string of the molecule is CNC(=O)C1CC2(CCN(c3ccc(C#N)c(C(F)(F)F)c3)CC2)CN1C(=O)c1ccoc1. The van der Waals surface area contributed by atoms with Gasteiger partial charge in [-0.3, -0.25) is 9.59 Å². The summed E-state index contributed by atoms with van der Waals surface area (Å²) in [6.45, 7) is 1.36. The first-order valence-corrected chi connectivity index (χ1v) is 10.6. The van der Waals surface area contributed by atoms with Gasteiger partial charge < -0.3 is 19.5 Å². The molecule has 1 N–H and O–H groups in total. The Hall–Kier alpha value is -3.48. The molecule has 2 amide bonds. The van der Waals surface area contributed by atoms with E-state index in [0.29, 0.717) is 50.1 Å². The highest BCUT2D eigenvalue weighted by atomic mass is 19.4. The van der Waals surface area contributed by atoms with E-state index in [4.69, 9.17) is 9.68 Å². The highest BCUT2D eigenvalue weighted by Gasteiger charge is 2.50. The smallest absolute Gasteiger partial charge is 0.417 e. The van der Waals surface area contributed by atoms with Crippen molar-refractivity contribution in [1.82, 2.24) is 10.2 Å². The fraction of sp³-hybridized carbons (Fsp3) is 0.435. The molecule has 0 aliphatic carbocycles. The van der Waals surface area contributed by atoms with Gasteiger partial charge in [0.1, 0.15) is 12.3 Å². The number of nitriles is 1. The Labute approximate surface area is 188 Å². The molecule has 2 aromatic rings. The highest BCUT2D eigenvalue weighted by Crippen LogP contribution is 2.45. The first kappa shape index (κ1) is 22.7. The van der Waals surface area contributed by atoms with Gasteiger partial charge in [-0.15, -0.1) is 0 Å². The first-order valence-electron chi connectivity index (χ1n) is 10.6. The first-order chi connectivity index (χ1) is 15.7. The summed E-state index contributed by atoms with van der Waals surface area (Å²) >= 11 is 0. The van der Waals surface area contributed by atoms with E-state index in [9.17, 15) is 22.8 Å². The van der Waals surface area contributed by atoms with Gasteiger partial charge in [0.05, 0.1) is 29.0 Å². The lowest BCUT2D eigenvalue weighted by Crippen LogP contribution is -2.45. The topological polar surface area (TPSA) is 89.6 Å². The number of nitrogens with one attached hydrogen (secondary N) is 1. The molecule has 0 radical (unpaired) electrons. The zero-order valence-corrected chi connectivity index (χ0v) is 18.0. The van der Waals surface area contributed by atoms with Crippen LogP contribution in [0.1, 0.15) is 40.7 Å². The van der Waals surface area contributed by atoms with E-state index in [-0.39, 0.29) is 17.2 Å². The van der Waals surface area contributed by atoms with Crippen LogP contribution in [-0.2, 0) is 11.0 Å². The Balaban J connectivity index is 1.52. The third-order valence-corrected chi connectivity index (χ3v) is 6.70. The van der Waals surface area contributed by atoms with Crippen molar-refractivity contribution >= 4 is 17.5 Å². The minimum atomic E-state index is -4.61. The second-order valence-electron chi connectivity index (χ2n) is 8.61. The number of piperidine rings is 1. The number of hydrogen-bond acceptors (Lipinski definition) is 5. The van der Waals surface area contributed by atoms with Crippen LogP contribution in [0.15, 0.2) is 41.2 Å². The molecule has 1 atom stereocenters. The Morgan fingerprint density at radius 1 is 1.24 bits per heavy atom. The summed E-state index contributed by atoms with van der Waals surface area (Å²) in [5, 5.41) is 11.6. The molecule has 4 rings (SSSR count). The molecule has 33 heavy (non-hydrogen) atoms. The van der Waals surface area contributed by atoms with Crippen LogP contribution in [-0.4, -0.2) is 49.4 Å². The van der Waals surface area contributed by atoms with Crippen molar-refractivity contribution < 1.29 is 27.2 Å². The molecule has 1 unspecified atom stereocenters. The number of amides is 2. The summed E-state index contributed by atoms with van der Waals surface area (Å²) in [5.74, 6) is -0.522. The van der Waals surface area contributed by atoms with E-state index in [1.165, 1.54) is 31.7 Å². The van der Waals surface area contributed by atoms with Gasteiger partial charge in [0.2, 0.25) is 5.91 Å². The number of hydrogen-bond donors (Lipinski definition) is 1. The molecule has 10 heteroatoms. The van der Waals surface area contributed by atoms with Crippen molar-refractivity contribution in [3.63, 3.8) is 0 Å². The van der Waals surface area contributed by atoms with Gasteiger partial charge in [0.25, 0.3) is 5.91 Å². The van der Waals surface area contributed by atoms with Crippen LogP contribution < -0.4 is 10.2 Å². The quantitative estimate of drug-likeness (QED) is 0.758. The van der Waals surface area contributed by atoms with Gasteiger partial charge in [-0.25, -0.2) is 0 Å². The van der Waals surface area contributed by atoms with Gasteiger partial charge in [0.15, 0.2) is 0 Å². The fourth-order valence-corrected chi connectivity index (χ4v) is 4.89. The average Bonchev–Trinajstić information content (AvgIpc) is 3.47. The summed E-state index contributed by atoms with van der Waals surface area (Å²) in [5.41, 5.74) is -0.872. The zero-order valence-electron chi connectivity index (χ0n) is 18.0. The molecule has 2 fully saturated rings. The zero-order chi connectivity index (χ0) is 23.8. The number of nitrogens with zero attached hydrogens (tertiary/aromatic N) is 3. The summed E-state index contributed by atoms with van der Waals surface area (Å²) in [4.78, 5) is 28.9. The maximum Gasteiger partial charge on any atom is 0.417 e. The van der Waals surface area contributed by atoms with E-state index in [2.05, 4.69) is 5.32 Å². The number of halogens is 3. The molecule has 3 heterocycles. The third kappa shape index (κ3) is 4.27. The minimum absolute atomic E-state index is 0.243. The van der Waals surface area contributed by atoms with E-state index in [1.807, 2.05) is 4.90 Å². The Kier molecular flexibility index (Phi) is 5.82. The molecule has 0 bridgehead atoms. The lowest BCUT2D eigenvalue weighted by atomic mass is 9.76. The van der Waals surface area contributed by atoms with Crippen molar-refractivity contribution in [2.24, 2.45) is 5.41 Å². The standard InChI is InChI=1S/C23H23F3N4O3/c1-28-20(31)19-11-22(14-30(19)21(32)16-4-9-33-13-16)5-7-29(8-6-22)17-3-2-15(12-27)18(10-17)23(24,25)26/h2-4,9-10,13,19H,5-8,11,14H2,1H3,(H,28,31). The average molecular weight is 460 g/mol. The lowest BCUT2D eigenvalue weighted by Gasteiger charge is -2.40. The maximum absolute atomic E-state index is 13.4. The highest BCUT2D eigenvalue weighted by molar-refractivity contribution is 5.97. The molecule has 2 aliphatic heterocycles. The molecular weight excluding hydrogens is 437 g/mol. The Morgan fingerprint density at radius 3 is 2.55 bits per heavy atom. The molecule has 2 aliphatic rings. The van der Waals surface area contributed by atoms with Crippen LogP contribution in [0, 0.1) is 16.7 Å². The van der Waals surface area contributed by atoms with Gasteiger partial charge >= 0.3 is 6.18 Å². The van der Waals surface area contributed by atoms with Gasteiger partial charge in [-0.2, -0.15) is 18.4 Å². The van der Waals surface area contributed by atoms with E-state index in [0.717, 1.165) is 6.07 Å². The van der Waals surface area contributed by atoms with E-state index in [1.54, 1.807) is 17.0 Å². The van der Waals surface area contributed by atoms with Crippen LogP contribution in [0.5, 0.6) is 0 Å². The number of benzene rings is 1. The molecular formula is C23H23F3N4O3.